The number of carbonyl (C=O) groups excluding carboxylic acids is 1. The Balaban J connectivity index is 1.55. The lowest BCUT2D eigenvalue weighted by molar-refractivity contribution is -0.165. The normalized spacial score (nSPS) is 16.3. The van der Waals surface area contributed by atoms with E-state index in [0.29, 0.717) is 11.1 Å². The molecule has 2 N–H and O–H groups in total. The SMILES string of the molecule is Cc1ccc(-c2noc(CCC(=O)N3CCC(O)(C(=O)O)CC3)n2)cc1F. The molecule has 1 amide bonds. The Kier molecular flexibility index (Phi) is 5.22. The summed E-state index contributed by atoms with van der Waals surface area (Å²) >= 11 is 0. The highest BCUT2D eigenvalue weighted by Gasteiger charge is 2.40. The summed E-state index contributed by atoms with van der Waals surface area (Å²) in [5.41, 5.74) is -0.755. The van der Waals surface area contributed by atoms with Crippen molar-refractivity contribution in [3.05, 3.63) is 35.5 Å². The molecule has 0 spiro atoms. The van der Waals surface area contributed by atoms with Gasteiger partial charge in [0.25, 0.3) is 0 Å². The molecular formula is C18H20FN3O5. The number of hydrogen-bond acceptors (Lipinski definition) is 6. The summed E-state index contributed by atoms with van der Waals surface area (Å²) in [7, 11) is 0. The van der Waals surface area contributed by atoms with Crippen molar-refractivity contribution in [2.45, 2.75) is 38.2 Å². The third-order valence-corrected chi connectivity index (χ3v) is 4.79. The van der Waals surface area contributed by atoms with Gasteiger partial charge in [0, 0.05) is 44.3 Å². The molecular weight excluding hydrogens is 357 g/mol. The highest BCUT2D eigenvalue weighted by molar-refractivity contribution is 5.79. The van der Waals surface area contributed by atoms with E-state index < -0.39 is 11.6 Å². The molecule has 8 nitrogen and oxygen atoms in total. The van der Waals surface area contributed by atoms with Crippen LogP contribution < -0.4 is 0 Å². The monoisotopic (exact) mass is 377 g/mol. The molecule has 0 radical (unpaired) electrons. The molecule has 0 saturated carbocycles. The number of carbonyl (C=O) groups is 2. The van der Waals surface area contributed by atoms with Crippen LogP contribution in [0.5, 0.6) is 0 Å². The van der Waals surface area contributed by atoms with Gasteiger partial charge in [0.1, 0.15) is 5.82 Å². The van der Waals surface area contributed by atoms with Crippen molar-refractivity contribution in [2.24, 2.45) is 0 Å². The van der Waals surface area contributed by atoms with Gasteiger partial charge < -0.3 is 19.6 Å². The lowest BCUT2D eigenvalue weighted by Gasteiger charge is -2.35. The van der Waals surface area contributed by atoms with Crippen molar-refractivity contribution in [2.75, 3.05) is 13.1 Å². The highest BCUT2D eigenvalue weighted by Crippen LogP contribution is 2.23. The Morgan fingerprint density at radius 1 is 1.33 bits per heavy atom. The minimum absolute atomic E-state index is 0.00222. The molecule has 0 unspecified atom stereocenters. The maximum absolute atomic E-state index is 13.6. The van der Waals surface area contributed by atoms with E-state index in [9.17, 15) is 19.1 Å². The van der Waals surface area contributed by atoms with E-state index in [4.69, 9.17) is 9.63 Å². The van der Waals surface area contributed by atoms with E-state index in [1.165, 1.54) is 11.0 Å². The fraction of sp³-hybridized carbons (Fsp3) is 0.444. The largest absolute Gasteiger partial charge is 0.479 e. The third kappa shape index (κ3) is 4.13. The average molecular weight is 377 g/mol. The number of aliphatic carboxylic acids is 1. The van der Waals surface area contributed by atoms with Gasteiger partial charge in [-0.25, -0.2) is 9.18 Å². The van der Waals surface area contributed by atoms with Crippen molar-refractivity contribution in [3.63, 3.8) is 0 Å². The summed E-state index contributed by atoms with van der Waals surface area (Å²) in [6, 6.07) is 4.64. The number of benzene rings is 1. The van der Waals surface area contributed by atoms with Gasteiger partial charge in [-0.3, -0.25) is 4.79 Å². The topological polar surface area (TPSA) is 117 Å². The predicted molar refractivity (Wildman–Crippen MR) is 91.1 cm³/mol. The Bertz CT molecular complexity index is 858. The first-order valence-electron chi connectivity index (χ1n) is 8.61. The minimum Gasteiger partial charge on any atom is -0.479 e. The first-order valence-corrected chi connectivity index (χ1v) is 8.61. The number of aliphatic hydroxyl groups is 1. The van der Waals surface area contributed by atoms with E-state index >= 15 is 0 Å². The van der Waals surface area contributed by atoms with Crippen molar-refractivity contribution in [3.8, 4) is 11.4 Å². The number of aromatic nitrogens is 2. The van der Waals surface area contributed by atoms with Crippen molar-refractivity contribution >= 4 is 11.9 Å². The second-order valence-electron chi connectivity index (χ2n) is 6.69. The number of piperidine rings is 1. The first kappa shape index (κ1) is 19.0. The maximum Gasteiger partial charge on any atom is 0.335 e. The van der Waals surface area contributed by atoms with Crippen molar-refractivity contribution < 1.29 is 28.7 Å². The van der Waals surface area contributed by atoms with Gasteiger partial charge >= 0.3 is 5.97 Å². The van der Waals surface area contributed by atoms with Gasteiger partial charge in [-0.05, 0) is 18.6 Å². The van der Waals surface area contributed by atoms with E-state index in [1.807, 2.05) is 0 Å². The van der Waals surface area contributed by atoms with Gasteiger partial charge in [0.2, 0.25) is 17.6 Å². The number of hydrogen-bond donors (Lipinski definition) is 2. The fourth-order valence-electron chi connectivity index (χ4n) is 2.92. The van der Waals surface area contributed by atoms with Crippen LogP contribution in [0, 0.1) is 12.7 Å². The molecule has 9 heteroatoms. The Morgan fingerprint density at radius 2 is 2.04 bits per heavy atom. The lowest BCUT2D eigenvalue weighted by Crippen LogP contribution is -2.50. The van der Waals surface area contributed by atoms with Crippen LogP contribution in [0.15, 0.2) is 22.7 Å². The summed E-state index contributed by atoms with van der Waals surface area (Å²) in [6.07, 6.45) is 0.338. The molecule has 144 valence electrons. The molecule has 1 aromatic heterocycles. The standard InChI is InChI=1S/C18H20FN3O5/c1-11-2-3-12(10-13(11)19)16-20-14(27-21-16)4-5-15(23)22-8-6-18(26,7-9-22)17(24)25/h2-3,10,26H,4-9H2,1H3,(H,24,25). The molecule has 1 aliphatic rings. The average Bonchev–Trinajstić information content (AvgIpc) is 3.11. The number of amides is 1. The molecule has 1 fully saturated rings. The number of carboxylic acids is 1. The zero-order valence-electron chi connectivity index (χ0n) is 14.8. The molecule has 1 saturated heterocycles. The van der Waals surface area contributed by atoms with Gasteiger partial charge in [0.15, 0.2) is 5.60 Å². The highest BCUT2D eigenvalue weighted by atomic mass is 19.1. The van der Waals surface area contributed by atoms with Crippen LogP contribution in [-0.4, -0.2) is 55.8 Å². The van der Waals surface area contributed by atoms with Crippen LogP contribution in [0.2, 0.25) is 0 Å². The molecule has 0 bridgehead atoms. The fourth-order valence-corrected chi connectivity index (χ4v) is 2.92. The molecule has 0 aliphatic carbocycles. The number of likely N-dealkylation sites (tertiary alicyclic amines) is 1. The van der Waals surface area contributed by atoms with E-state index in [-0.39, 0.29) is 62.2 Å². The van der Waals surface area contributed by atoms with Crippen LogP contribution in [-0.2, 0) is 16.0 Å². The summed E-state index contributed by atoms with van der Waals surface area (Å²) in [4.78, 5) is 29.0. The molecule has 0 atom stereocenters. The smallest absolute Gasteiger partial charge is 0.335 e. The molecule has 1 aromatic carbocycles. The molecule has 2 aromatic rings. The molecule has 1 aliphatic heterocycles. The lowest BCUT2D eigenvalue weighted by atomic mass is 9.91. The maximum atomic E-state index is 13.6. The van der Waals surface area contributed by atoms with Crippen LogP contribution in [0.25, 0.3) is 11.4 Å². The third-order valence-electron chi connectivity index (χ3n) is 4.79. The second kappa shape index (κ2) is 7.43. The van der Waals surface area contributed by atoms with Crippen molar-refractivity contribution in [1.29, 1.82) is 0 Å². The Labute approximate surface area is 154 Å². The first-order chi connectivity index (χ1) is 12.8. The van der Waals surface area contributed by atoms with E-state index in [0.717, 1.165) is 0 Å². The van der Waals surface area contributed by atoms with E-state index in [1.54, 1.807) is 19.1 Å². The number of aryl methyl sites for hydroxylation is 2. The zero-order chi connectivity index (χ0) is 19.6. The summed E-state index contributed by atoms with van der Waals surface area (Å²) < 4.78 is 18.8. The molecule has 3 rings (SSSR count). The Morgan fingerprint density at radius 3 is 2.67 bits per heavy atom. The predicted octanol–water partition coefficient (Wildman–Crippen LogP) is 1.55. The van der Waals surface area contributed by atoms with E-state index in [2.05, 4.69) is 10.1 Å². The van der Waals surface area contributed by atoms with Crippen LogP contribution >= 0.6 is 0 Å². The van der Waals surface area contributed by atoms with Crippen molar-refractivity contribution in [1.82, 2.24) is 15.0 Å². The number of rotatable bonds is 5. The van der Waals surface area contributed by atoms with Gasteiger partial charge in [-0.2, -0.15) is 4.98 Å². The summed E-state index contributed by atoms with van der Waals surface area (Å²) in [6.45, 7) is 2.02. The van der Waals surface area contributed by atoms with Crippen LogP contribution in [0.3, 0.4) is 0 Å². The number of halogens is 1. The Hall–Kier alpha value is -2.81. The molecule has 27 heavy (non-hydrogen) atoms. The van der Waals surface area contributed by atoms with Gasteiger partial charge in [-0.15, -0.1) is 0 Å². The minimum atomic E-state index is -1.76. The zero-order valence-corrected chi connectivity index (χ0v) is 14.8. The van der Waals surface area contributed by atoms with Crippen LogP contribution in [0.1, 0.15) is 30.7 Å². The summed E-state index contributed by atoms with van der Waals surface area (Å²) in [5, 5.41) is 22.7. The molecule has 2 heterocycles. The summed E-state index contributed by atoms with van der Waals surface area (Å²) in [5.74, 6) is -1.29. The van der Waals surface area contributed by atoms with Gasteiger partial charge in [0.05, 0.1) is 0 Å². The number of nitrogens with zero attached hydrogens (tertiary/aromatic N) is 3. The quantitative estimate of drug-likeness (QED) is 0.812. The van der Waals surface area contributed by atoms with Gasteiger partial charge in [-0.1, -0.05) is 17.3 Å². The number of carboxylic acid groups (broad SMARTS) is 1. The van der Waals surface area contributed by atoms with Crippen LogP contribution in [0.4, 0.5) is 4.39 Å². The second-order valence-corrected chi connectivity index (χ2v) is 6.69.